The first-order chi connectivity index (χ1) is 9.72. The Morgan fingerprint density at radius 3 is 2.50 bits per heavy atom. The number of rotatable bonds is 2. The Morgan fingerprint density at radius 1 is 1.05 bits per heavy atom. The highest BCUT2D eigenvalue weighted by atomic mass is 15.3. The molecular weight excluding hydrogens is 252 g/mol. The molecule has 0 aromatic carbocycles. The molecule has 1 aliphatic heterocycles. The number of hydrogen-bond donors (Lipinski definition) is 1. The summed E-state index contributed by atoms with van der Waals surface area (Å²) in [5, 5.41) is 0. The van der Waals surface area contributed by atoms with E-state index in [2.05, 4.69) is 31.8 Å². The van der Waals surface area contributed by atoms with Gasteiger partial charge in [0.2, 0.25) is 0 Å². The number of aromatic nitrogens is 3. The third-order valence-corrected chi connectivity index (χ3v) is 3.51. The number of nitrogens with zero attached hydrogens (tertiary/aromatic N) is 5. The first-order valence-corrected chi connectivity index (χ1v) is 6.71. The highest BCUT2D eigenvalue weighted by molar-refractivity contribution is 5.57. The summed E-state index contributed by atoms with van der Waals surface area (Å²) in [5.41, 5.74) is 6.56. The van der Waals surface area contributed by atoms with Gasteiger partial charge in [0.05, 0.1) is 0 Å². The maximum Gasteiger partial charge on any atom is 0.163 e. The highest BCUT2D eigenvalue weighted by Gasteiger charge is 2.15. The summed E-state index contributed by atoms with van der Waals surface area (Å²) in [6, 6.07) is 5.69. The molecule has 1 aliphatic rings. The summed E-state index contributed by atoms with van der Waals surface area (Å²) in [6.07, 6.45) is 3.47. The van der Waals surface area contributed by atoms with Gasteiger partial charge in [0.1, 0.15) is 11.6 Å². The lowest BCUT2D eigenvalue weighted by atomic mass is 10.2. The van der Waals surface area contributed by atoms with E-state index in [0.29, 0.717) is 11.6 Å². The molecule has 0 atom stereocenters. The third kappa shape index (κ3) is 2.70. The van der Waals surface area contributed by atoms with Gasteiger partial charge < -0.3 is 15.5 Å². The van der Waals surface area contributed by atoms with Crippen molar-refractivity contribution in [1.29, 1.82) is 0 Å². The molecule has 2 aromatic heterocycles. The largest absolute Gasteiger partial charge is 0.384 e. The van der Waals surface area contributed by atoms with Gasteiger partial charge in [0.15, 0.2) is 5.82 Å². The van der Waals surface area contributed by atoms with E-state index in [0.717, 1.165) is 37.6 Å². The zero-order valence-corrected chi connectivity index (χ0v) is 11.5. The fourth-order valence-electron chi connectivity index (χ4n) is 2.25. The standard InChI is InChI=1S/C14H18N6/c1-19-6-8-20(9-7-19)13-3-2-11(10-17-13)14-16-5-4-12(15)18-14/h2-5,10H,6-9H2,1H3,(H2,15,16,18). The number of anilines is 2. The van der Waals surface area contributed by atoms with Gasteiger partial charge in [-0.1, -0.05) is 0 Å². The van der Waals surface area contributed by atoms with Gasteiger partial charge >= 0.3 is 0 Å². The molecule has 3 heterocycles. The fraction of sp³-hybridized carbons (Fsp3) is 0.357. The Balaban J connectivity index is 1.78. The SMILES string of the molecule is CN1CCN(c2ccc(-c3nccc(N)n3)cn2)CC1. The second-order valence-electron chi connectivity index (χ2n) is 5.00. The van der Waals surface area contributed by atoms with Crippen molar-refractivity contribution in [3.8, 4) is 11.4 Å². The molecule has 3 rings (SSSR count). The summed E-state index contributed by atoms with van der Waals surface area (Å²) < 4.78 is 0. The minimum absolute atomic E-state index is 0.471. The van der Waals surface area contributed by atoms with E-state index >= 15 is 0 Å². The molecule has 6 nitrogen and oxygen atoms in total. The zero-order chi connectivity index (χ0) is 13.9. The van der Waals surface area contributed by atoms with Crippen molar-refractivity contribution >= 4 is 11.6 Å². The number of likely N-dealkylation sites (N-methyl/N-ethyl adjacent to an activating group) is 1. The van der Waals surface area contributed by atoms with Crippen LogP contribution in [0.5, 0.6) is 0 Å². The lowest BCUT2D eigenvalue weighted by Gasteiger charge is -2.33. The molecule has 1 fully saturated rings. The van der Waals surface area contributed by atoms with Gasteiger partial charge in [-0.3, -0.25) is 0 Å². The molecule has 2 N–H and O–H groups in total. The minimum atomic E-state index is 0.471. The molecule has 0 saturated carbocycles. The maximum atomic E-state index is 5.67. The van der Waals surface area contributed by atoms with Crippen molar-refractivity contribution in [3.63, 3.8) is 0 Å². The van der Waals surface area contributed by atoms with Gasteiger partial charge in [-0.2, -0.15) is 0 Å². The van der Waals surface area contributed by atoms with Crippen LogP contribution in [0.15, 0.2) is 30.6 Å². The molecule has 0 bridgehead atoms. The van der Waals surface area contributed by atoms with E-state index in [9.17, 15) is 0 Å². The minimum Gasteiger partial charge on any atom is -0.384 e. The molecular formula is C14H18N6. The molecule has 0 spiro atoms. The zero-order valence-electron chi connectivity index (χ0n) is 11.5. The normalized spacial score (nSPS) is 16.4. The summed E-state index contributed by atoms with van der Waals surface area (Å²) in [7, 11) is 2.14. The molecule has 20 heavy (non-hydrogen) atoms. The van der Waals surface area contributed by atoms with E-state index in [4.69, 9.17) is 5.73 Å². The van der Waals surface area contributed by atoms with Gasteiger partial charge in [0, 0.05) is 44.1 Å². The summed E-state index contributed by atoms with van der Waals surface area (Å²) in [6.45, 7) is 4.17. The average Bonchev–Trinajstić information content (AvgIpc) is 2.48. The summed E-state index contributed by atoms with van der Waals surface area (Å²) in [4.78, 5) is 17.6. The Bertz CT molecular complexity index is 574. The summed E-state index contributed by atoms with van der Waals surface area (Å²) in [5.74, 6) is 2.09. The van der Waals surface area contributed by atoms with Crippen molar-refractivity contribution in [3.05, 3.63) is 30.6 Å². The van der Waals surface area contributed by atoms with Crippen LogP contribution in [0.2, 0.25) is 0 Å². The predicted molar refractivity (Wildman–Crippen MR) is 79.4 cm³/mol. The van der Waals surface area contributed by atoms with Crippen LogP contribution in [0.4, 0.5) is 11.6 Å². The molecule has 1 saturated heterocycles. The smallest absolute Gasteiger partial charge is 0.163 e. The van der Waals surface area contributed by atoms with Gasteiger partial charge in [-0.25, -0.2) is 15.0 Å². The van der Waals surface area contributed by atoms with E-state index in [-0.39, 0.29) is 0 Å². The van der Waals surface area contributed by atoms with Crippen LogP contribution in [-0.2, 0) is 0 Å². The lowest BCUT2D eigenvalue weighted by molar-refractivity contribution is 0.312. The van der Waals surface area contributed by atoms with Gasteiger partial charge in [-0.15, -0.1) is 0 Å². The Kier molecular flexibility index (Phi) is 3.47. The van der Waals surface area contributed by atoms with Gasteiger partial charge in [-0.05, 0) is 25.2 Å². The first kappa shape index (κ1) is 12.8. The van der Waals surface area contributed by atoms with Crippen LogP contribution in [0.3, 0.4) is 0 Å². The molecule has 0 amide bonds. The van der Waals surface area contributed by atoms with E-state index in [1.54, 1.807) is 12.3 Å². The maximum absolute atomic E-state index is 5.67. The number of nitrogens with two attached hydrogens (primary N) is 1. The van der Waals surface area contributed by atoms with E-state index in [1.807, 2.05) is 18.3 Å². The number of nitrogen functional groups attached to an aromatic ring is 1. The van der Waals surface area contributed by atoms with Crippen LogP contribution in [0.25, 0.3) is 11.4 Å². The van der Waals surface area contributed by atoms with Crippen LogP contribution in [0.1, 0.15) is 0 Å². The van der Waals surface area contributed by atoms with Crippen molar-refractivity contribution in [2.45, 2.75) is 0 Å². The number of pyridine rings is 1. The Labute approximate surface area is 118 Å². The number of piperazine rings is 1. The van der Waals surface area contributed by atoms with Gasteiger partial charge in [0.25, 0.3) is 0 Å². The Hall–Kier alpha value is -2.21. The topological polar surface area (TPSA) is 71.2 Å². The molecule has 0 unspecified atom stereocenters. The van der Waals surface area contributed by atoms with Crippen LogP contribution >= 0.6 is 0 Å². The lowest BCUT2D eigenvalue weighted by Crippen LogP contribution is -2.44. The quantitative estimate of drug-likeness (QED) is 0.873. The van der Waals surface area contributed by atoms with E-state index in [1.165, 1.54) is 0 Å². The van der Waals surface area contributed by atoms with Crippen molar-refractivity contribution < 1.29 is 0 Å². The first-order valence-electron chi connectivity index (χ1n) is 6.71. The average molecular weight is 270 g/mol. The molecule has 2 aromatic rings. The summed E-state index contributed by atoms with van der Waals surface area (Å²) >= 11 is 0. The molecule has 104 valence electrons. The molecule has 6 heteroatoms. The van der Waals surface area contributed by atoms with Crippen molar-refractivity contribution in [2.75, 3.05) is 43.9 Å². The van der Waals surface area contributed by atoms with Crippen molar-refractivity contribution in [1.82, 2.24) is 19.9 Å². The van der Waals surface area contributed by atoms with Crippen LogP contribution < -0.4 is 10.6 Å². The molecule has 0 aliphatic carbocycles. The van der Waals surface area contributed by atoms with E-state index < -0.39 is 0 Å². The second kappa shape index (κ2) is 5.42. The van der Waals surface area contributed by atoms with Crippen LogP contribution in [-0.4, -0.2) is 53.1 Å². The monoisotopic (exact) mass is 270 g/mol. The third-order valence-electron chi connectivity index (χ3n) is 3.51. The highest BCUT2D eigenvalue weighted by Crippen LogP contribution is 2.19. The van der Waals surface area contributed by atoms with Crippen LogP contribution in [0, 0.1) is 0 Å². The second-order valence-corrected chi connectivity index (χ2v) is 5.00. The van der Waals surface area contributed by atoms with Crippen molar-refractivity contribution in [2.24, 2.45) is 0 Å². The Morgan fingerprint density at radius 2 is 1.85 bits per heavy atom. The predicted octanol–water partition coefficient (Wildman–Crippen LogP) is 0.873. The molecule has 0 radical (unpaired) electrons. The fourth-order valence-corrected chi connectivity index (χ4v) is 2.25. The number of hydrogen-bond acceptors (Lipinski definition) is 6.